The summed E-state index contributed by atoms with van der Waals surface area (Å²) in [6.45, 7) is 1.65. The van der Waals surface area contributed by atoms with Crippen LogP contribution in [0.25, 0.3) is 0 Å². The van der Waals surface area contributed by atoms with E-state index in [1.54, 1.807) is 6.92 Å². The first-order chi connectivity index (χ1) is 12.3. The number of carbonyl (C=O) groups excluding carboxylic acids is 1. The summed E-state index contributed by atoms with van der Waals surface area (Å²) in [6.07, 6.45) is 0.949. The van der Waals surface area contributed by atoms with Crippen molar-refractivity contribution in [3.05, 3.63) is 64.4 Å². The second-order valence-corrected chi connectivity index (χ2v) is 8.23. The van der Waals surface area contributed by atoms with Gasteiger partial charge in [0.05, 0.1) is 10.6 Å². The average Bonchev–Trinajstić information content (AvgIpc) is 3.38. The van der Waals surface area contributed by atoms with Crippen molar-refractivity contribution in [2.75, 3.05) is 0 Å². The molecule has 0 spiro atoms. The standard InChI is InChI=1S/C18H17ClFNO4S/c1-11(12-2-5-14(20)6-3-12)25-18(22)13-4-9-16(19)17(10-13)26(23,24)21-15-7-8-15/h2-6,9-11,15,21H,7-8H2,1H3. The number of hydrogen-bond donors (Lipinski definition) is 1. The Morgan fingerprint density at radius 2 is 1.88 bits per heavy atom. The van der Waals surface area contributed by atoms with E-state index in [0.29, 0.717) is 5.56 Å². The number of nitrogens with one attached hydrogen (secondary N) is 1. The van der Waals surface area contributed by atoms with E-state index in [-0.39, 0.29) is 27.3 Å². The fourth-order valence-corrected chi connectivity index (χ4v) is 4.18. The van der Waals surface area contributed by atoms with Crippen molar-refractivity contribution in [3.8, 4) is 0 Å². The zero-order valence-electron chi connectivity index (χ0n) is 13.9. The topological polar surface area (TPSA) is 72.5 Å². The summed E-state index contributed by atoms with van der Waals surface area (Å²) in [6, 6.07) is 9.46. The molecule has 0 amide bonds. The molecule has 138 valence electrons. The van der Waals surface area contributed by atoms with Crippen LogP contribution in [0.1, 0.15) is 41.8 Å². The average molecular weight is 398 g/mol. The van der Waals surface area contributed by atoms with Gasteiger partial charge in [-0.2, -0.15) is 0 Å². The van der Waals surface area contributed by atoms with Crippen molar-refractivity contribution < 1.29 is 22.3 Å². The summed E-state index contributed by atoms with van der Waals surface area (Å²) in [5.74, 6) is -1.08. The highest BCUT2D eigenvalue weighted by Gasteiger charge is 2.30. The van der Waals surface area contributed by atoms with Crippen LogP contribution in [0.5, 0.6) is 0 Å². The SMILES string of the molecule is CC(OC(=O)c1ccc(Cl)c(S(=O)(=O)NC2CC2)c1)c1ccc(F)cc1. The normalized spacial score (nSPS) is 15.5. The van der Waals surface area contributed by atoms with Gasteiger partial charge in [-0.05, 0) is 55.7 Å². The van der Waals surface area contributed by atoms with Crippen LogP contribution in [0.2, 0.25) is 5.02 Å². The number of rotatable bonds is 6. The Kier molecular flexibility index (Phi) is 5.32. The molecule has 5 nitrogen and oxygen atoms in total. The lowest BCUT2D eigenvalue weighted by molar-refractivity contribution is 0.0337. The van der Waals surface area contributed by atoms with E-state index in [0.717, 1.165) is 12.8 Å². The fourth-order valence-electron chi connectivity index (χ4n) is 2.35. The van der Waals surface area contributed by atoms with Gasteiger partial charge in [0.2, 0.25) is 10.0 Å². The molecule has 2 aromatic carbocycles. The summed E-state index contributed by atoms with van der Waals surface area (Å²) in [4.78, 5) is 12.2. The van der Waals surface area contributed by atoms with Crippen LogP contribution in [0.15, 0.2) is 47.4 Å². The Morgan fingerprint density at radius 3 is 2.50 bits per heavy atom. The molecule has 0 aromatic heterocycles. The quantitative estimate of drug-likeness (QED) is 0.752. The second kappa shape index (κ2) is 7.34. The minimum Gasteiger partial charge on any atom is -0.454 e. The number of sulfonamides is 1. The summed E-state index contributed by atoms with van der Waals surface area (Å²) in [5.41, 5.74) is 0.691. The second-order valence-electron chi connectivity index (χ2n) is 6.14. The smallest absolute Gasteiger partial charge is 0.338 e. The molecule has 0 aliphatic heterocycles. The predicted molar refractivity (Wildman–Crippen MR) is 95.0 cm³/mol. The molecule has 1 fully saturated rings. The van der Waals surface area contributed by atoms with Crippen molar-refractivity contribution in [2.45, 2.75) is 36.8 Å². The van der Waals surface area contributed by atoms with Crippen LogP contribution >= 0.6 is 11.6 Å². The van der Waals surface area contributed by atoms with Gasteiger partial charge in [-0.3, -0.25) is 0 Å². The molecule has 0 saturated heterocycles. The van der Waals surface area contributed by atoms with Crippen LogP contribution in [0.3, 0.4) is 0 Å². The van der Waals surface area contributed by atoms with Crippen molar-refractivity contribution in [2.24, 2.45) is 0 Å². The van der Waals surface area contributed by atoms with Gasteiger partial charge in [-0.15, -0.1) is 0 Å². The number of benzene rings is 2. The Hall–Kier alpha value is -1.96. The van der Waals surface area contributed by atoms with Gasteiger partial charge >= 0.3 is 5.97 Å². The highest BCUT2D eigenvalue weighted by molar-refractivity contribution is 7.89. The molecule has 3 rings (SSSR count). The molecular formula is C18H17ClFNO4S. The van der Waals surface area contributed by atoms with E-state index >= 15 is 0 Å². The van der Waals surface area contributed by atoms with E-state index in [1.165, 1.54) is 42.5 Å². The lowest BCUT2D eigenvalue weighted by Crippen LogP contribution is -2.26. The van der Waals surface area contributed by atoms with E-state index in [1.807, 2.05) is 0 Å². The number of esters is 1. The first kappa shape index (κ1) is 18.8. The zero-order chi connectivity index (χ0) is 18.9. The highest BCUT2D eigenvalue weighted by atomic mass is 35.5. The number of hydrogen-bond acceptors (Lipinski definition) is 4. The van der Waals surface area contributed by atoms with Crippen LogP contribution in [-0.2, 0) is 14.8 Å². The third-order valence-electron chi connectivity index (χ3n) is 3.98. The van der Waals surface area contributed by atoms with Gasteiger partial charge in [0.25, 0.3) is 0 Å². The number of ether oxygens (including phenoxy) is 1. The Labute approximate surface area is 156 Å². The van der Waals surface area contributed by atoms with Crippen molar-refractivity contribution in [1.82, 2.24) is 4.72 Å². The van der Waals surface area contributed by atoms with E-state index < -0.39 is 22.1 Å². The molecule has 2 aromatic rings. The number of carbonyl (C=O) groups is 1. The lowest BCUT2D eigenvalue weighted by atomic mass is 10.1. The third kappa shape index (κ3) is 4.41. The minimum absolute atomic E-state index is 0.0290. The zero-order valence-corrected chi connectivity index (χ0v) is 15.5. The molecule has 0 radical (unpaired) electrons. The van der Waals surface area contributed by atoms with Crippen molar-refractivity contribution >= 4 is 27.6 Å². The molecule has 8 heteroatoms. The number of halogens is 2. The predicted octanol–water partition coefficient (Wildman–Crippen LogP) is 3.84. The minimum atomic E-state index is -3.80. The molecule has 1 saturated carbocycles. The molecule has 1 aliphatic carbocycles. The molecule has 1 unspecified atom stereocenters. The summed E-state index contributed by atoms with van der Waals surface area (Å²) in [7, 11) is -3.80. The van der Waals surface area contributed by atoms with Crippen LogP contribution in [0.4, 0.5) is 4.39 Å². The molecule has 0 bridgehead atoms. The van der Waals surface area contributed by atoms with E-state index in [4.69, 9.17) is 16.3 Å². The third-order valence-corrected chi connectivity index (χ3v) is 5.98. The van der Waals surface area contributed by atoms with Crippen molar-refractivity contribution in [3.63, 3.8) is 0 Å². The lowest BCUT2D eigenvalue weighted by Gasteiger charge is -2.14. The Balaban J connectivity index is 1.79. The molecular weight excluding hydrogens is 381 g/mol. The van der Waals surface area contributed by atoms with Gasteiger partial charge in [0, 0.05) is 6.04 Å². The molecule has 1 aliphatic rings. The van der Waals surface area contributed by atoms with Gasteiger partial charge in [0.1, 0.15) is 16.8 Å². The maximum atomic E-state index is 13.0. The first-order valence-corrected chi connectivity index (χ1v) is 9.91. The maximum absolute atomic E-state index is 13.0. The summed E-state index contributed by atoms with van der Waals surface area (Å²) >= 11 is 6.00. The Morgan fingerprint density at radius 1 is 1.23 bits per heavy atom. The maximum Gasteiger partial charge on any atom is 0.338 e. The van der Waals surface area contributed by atoms with E-state index in [9.17, 15) is 17.6 Å². The van der Waals surface area contributed by atoms with Gasteiger partial charge in [-0.1, -0.05) is 23.7 Å². The fraction of sp³-hybridized carbons (Fsp3) is 0.278. The van der Waals surface area contributed by atoms with E-state index in [2.05, 4.69) is 4.72 Å². The molecule has 0 heterocycles. The van der Waals surface area contributed by atoms with Gasteiger partial charge in [-0.25, -0.2) is 22.3 Å². The van der Waals surface area contributed by atoms with Gasteiger partial charge < -0.3 is 4.74 Å². The summed E-state index contributed by atoms with van der Waals surface area (Å²) in [5, 5.41) is 0.0290. The summed E-state index contributed by atoms with van der Waals surface area (Å²) < 4.78 is 45.6. The van der Waals surface area contributed by atoms with Crippen molar-refractivity contribution in [1.29, 1.82) is 0 Å². The largest absolute Gasteiger partial charge is 0.454 e. The molecule has 1 N–H and O–H groups in total. The first-order valence-electron chi connectivity index (χ1n) is 8.04. The Bertz CT molecular complexity index is 927. The van der Waals surface area contributed by atoms with Crippen LogP contribution < -0.4 is 4.72 Å². The molecule has 26 heavy (non-hydrogen) atoms. The highest BCUT2D eigenvalue weighted by Crippen LogP contribution is 2.28. The monoisotopic (exact) mass is 397 g/mol. The van der Waals surface area contributed by atoms with Crippen LogP contribution in [-0.4, -0.2) is 20.4 Å². The van der Waals surface area contributed by atoms with Crippen LogP contribution in [0, 0.1) is 5.82 Å². The molecule has 1 atom stereocenters. The van der Waals surface area contributed by atoms with Gasteiger partial charge in [0.15, 0.2) is 0 Å².